The zero-order chi connectivity index (χ0) is 14.7. The molecule has 0 aromatic carbocycles. The zero-order valence-electron chi connectivity index (χ0n) is 11.4. The predicted octanol–water partition coefficient (Wildman–Crippen LogP) is 1.02. The minimum Gasteiger partial charge on any atom is -0.370 e. The Morgan fingerprint density at radius 1 is 1.19 bits per heavy atom. The number of nitrogens with zero attached hydrogens (tertiary/aromatic N) is 3. The van der Waals surface area contributed by atoms with Crippen molar-refractivity contribution in [2.75, 3.05) is 23.3 Å². The third-order valence-electron chi connectivity index (χ3n) is 3.37. The lowest BCUT2D eigenvalue weighted by atomic mass is 10.3. The fourth-order valence-corrected chi connectivity index (χ4v) is 2.27. The number of aromatic amines is 1. The topological polar surface area (TPSA) is 91.0 Å². The summed E-state index contributed by atoms with van der Waals surface area (Å²) < 4.78 is 0. The average Bonchev–Trinajstić information content (AvgIpc) is 3.03. The first-order valence-electron chi connectivity index (χ1n) is 6.80. The minimum absolute atomic E-state index is 0.139. The summed E-state index contributed by atoms with van der Waals surface area (Å²) >= 11 is 0. The van der Waals surface area contributed by atoms with Crippen LogP contribution in [0.1, 0.15) is 23.3 Å². The Bertz CT molecular complexity index is 669. The molecule has 2 aromatic heterocycles. The molecule has 0 spiro atoms. The maximum absolute atomic E-state index is 11.9. The molecule has 0 unspecified atom stereocenters. The molecule has 3 rings (SSSR count). The van der Waals surface area contributed by atoms with E-state index in [0.717, 1.165) is 18.8 Å². The molecular weight excluding hydrogens is 270 g/mol. The Labute approximate surface area is 121 Å². The highest BCUT2D eigenvalue weighted by atomic mass is 16.2. The van der Waals surface area contributed by atoms with Gasteiger partial charge < -0.3 is 10.2 Å². The van der Waals surface area contributed by atoms with Crippen LogP contribution in [0.2, 0.25) is 0 Å². The van der Waals surface area contributed by atoms with Gasteiger partial charge in [0.15, 0.2) is 0 Å². The number of pyridine rings is 1. The predicted molar refractivity (Wildman–Crippen MR) is 78.5 cm³/mol. The van der Waals surface area contributed by atoms with E-state index in [1.165, 1.54) is 25.0 Å². The third kappa shape index (κ3) is 3.07. The number of amides is 1. The highest BCUT2D eigenvalue weighted by Gasteiger charge is 2.13. The van der Waals surface area contributed by atoms with Crippen LogP contribution in [0.15, 0.2) is 35.3 Å². The van der Waals surface area contributed by atoms with Crippen LogP contribution in [0.25, 0.3) is 0 Å². The van der Waals surface area contributed by atoms with Gasteiger partial charge in [-0.1, -0.05) is 0 Å². The lowest BCUT2D eigenvalue weighted by molar-refractivity contribution is 0.102. The van der Waals surface area contributed by atoms with Gasteiger partial charge in [0, 0.05) is 19.2 Å². The molecule has 3 heterocycles. The molecule has 2 N–H and O–H groups in total. The lowest BCUT2D eigenvalue weighted by Crippen LogP contribution is -2.19. The summed E-state index contributed by atoms with van der Waals surface area (Å²) in [7, 11) is 0. The van der Waals surface area contributed by atoms with E-state index in [2.05, 4.69) is 25.4 Å². The van der Waals surface area contributed by atoms with Gasteiger partial charge in [0.1, 0.15) is 11.5 Å². The molecule has 1 aliphatic heterocycles. The van der Waals surface area contributed by atoms with Gasteiger partial charge in [-0.15, -0.1) is 0 Å². The molecule has 0 atom stereocenters. The van der Waals surface area contributed by atoms with Gasteiger partial charge in [-0.3, -0.25) is 9.59 Å². The highest BCUT2D eigenvalue weighted by molar-refractivity contribution is 6.02. The number of carbonyl (C=O) groups excluding carboxylic acids is 1. The standard InChI is InChI=1S/C14H15N5O2/c20-13-6-4-11(17-18-13)14(21)16-12-5-3-10(9-15-12)19-7-1-2-8-19/h3-6,9H,1-2,7-8H2,(H,18,20)(H,15,16,21). The molecule has 1 aliphatic rings. The minimum atomic E-state index is -0.410. The number of rotatable bonds is 3. The SMILES string of the molecule is O=C(Nc1ccc(N2CCCC2)cn1)c1ccc(=O)[nH]n1. The molecule has 2 aromatic rings. The molecule has 7 heteroatoms. The average molecular weight is 285 g/mol. The summed E-state index contributed by atoms with van der Waals surface area (Å²) in [6.07, 6.45) is 4.16. The fourth-order valence-electron chi connectivity index (χ4n) is 2.27. The summed E-state index contributed by atoms with van der Waals surface area (Å²) in [5, 5.41) is 8.53. The maximum atomic E-state index is 11.9. The Balaban J connectivity index is 1.68. The van der Waals surface area contributed by atoms with Gasteiger partial charge in [0.2, 0.25) is 0 Å². The van der Waals surface area contributed by atoms with E-state index < -0.39 is 5.91 Å². The first-order valence-corrected chi connectivity index (χ1v) is 6.80. The van der Waals surface area contributed by atoms with Crippen LogP contribution in [0, 0.1) is 0 Å². The fraction of sp³-hybridized carbons (Fsp3) is 0.286. The van der Waals surface area contributed by atoms with Crippen LogP contribution in [0.4, 0.5) is 11.5 Å². The van der Waals surface area contributed by atoms with E-state index >= 15 is 0 Å². The molecule has 1 fully saturated rings. The van der Waals surface area contributed by atoms with Gasteiger partial charge in [0.05, 0.1) is 11.9 Å². The second-order valence-electron chi connectivity index (χ2n) is 4.86. The van der Waals surface area contributed by atoms with Crippen LogP contribution in [0.5, 0.6) is 0 Å². The van der Waals surface area contributed by atoms with Crippen LogP contribution in [-0.4, -0.2) is 34.2 Å². The second kappa shape index (κ2) is 5.74. The summed E-state index contributed by atoms with van der Waals surface area (Å²) in [6.45, 7) is 2.10. The number of nitrogens with one attached hydrogen (secondary N) is 2. The van der Waals surface area contributed by atoms with E-state index in [0.29, 0.717) is 5.82 Å². The van der Waals surface area contributed by atoms with E-state index in [1.807, 2.05) is 6.07 Å². The van der Waals surface area contributed by atoms with E-state index in [4.69, 9.17) is 0 Å². The van der Waals surface area contributed by atoms with Crippen LogP contribution >= 0.6 is 0 Å². The van der Waals surface area contributed by atoms with Crippen molar-refractivity contribution < 1.29 is 4.79 Å². The number of carbonyl (C=O) groups is 1. The van der Waals surface area contributed by atoms with E-state index in [1.54, 1.807) is 12.3 Å². The molecule has 0 aliphatic carbocycles. The van der Waals surface area contributed by atoms with Gasteiger partial charge in [-0.05, 0) is 31.0 Å². The zero-order valence-corrected chi connectivity index (χ0v) is 11.4. The van der Waals surface area contributed by atoms with E-state index in [9.17, 15) is 9.59 Å². The molecule has 1 saturated heterocycles. The Morgan fingerprint density at radius 2 is 2.00 bits per heavy atom. The number of anilines is 2. The van der Waals surface area contributed by atoms with E-state index in [-0.39, 0.29) is 11.3 Å². The summed E-state index contributed by atoms with van der Waals surface area (Å²) in [4.78, 5) is 29.3. The van der Waals surface area contributed by atoms with Crippen molar-refractivity contribution in [2.45, 2.75) is 12.8 Å². The van der Waals surface area contributed by atoms with Crippen LogP contribution in [-0.2, 0) is 0 Å². The number of H-pyrrole nitrogens is 1. The normalized spacial score (nSPS) is 14.2. The smallest absolute Gasteiger partial charge is 0.277 e. The molecule has 0 saturated carbocycles. The van der Waals surface area contributed by atoms with Gasteiger partial charge in [0.25, 0.3) is 11.5 Å². The maximum Gasteiger partial charge on any atom is 0.277 e. The summed E-state index contributed by atoms with van der Waals surface area (Å²) in [5.41, 5.74) is 0.854. The number of hydrogen-bond donors (Lipinski definition) is 2. The monoisotopic (exact) mass is 285 g/mol. The molecular formula is C14H15N5O2. The Morgan fingerprint density at radius 3 is 2.62 bits per heavy atom. The van der Waals surface area contributed by atoms with Crippen molar-refractivity contribution in [2.24, 2.45) is 0 Å². The molecule has 7 nitrogen and oxygen atoms in total. The van der Waals surface area contributed by atoms with Crippen LogP contribution < -0.4 is 15.8 Å². The van der Waals surface area contributed by atoms with Crippen molar-refractivity contribution in [1.82, 2.24) is 15.2 Å². The third-order valence-corrected chi connectivity index (χ3v) is 3.37. The number of aromatic nitrogens is 3. The Kier molecular flexibility index (Phi) is 3.63. The van der Waals surface area contributed by atoms with Gasteiger partial charge in [-0.2, -0.15) is 5.10 Å². The van der Waals surface area contributed by atoms with Gasteiger partial charge in [-0.25, -0.2) is 10.1 Å². The summed E-state index contributed by atoms with van der Waals surface area (Å²) in [5.74, 6) is 0.0450. The molecule has 21 heavy (non-hydrogen) atoms. The van der Waals surface area contributed by atoms with Crippen molar-refractivity contribution in [3.8, 4) is 0 Å². The lowest BCUT2D eigenvalue weighted by Gasteiger charge is -2.17. The molecule has 0 radical (unpaired) electrons. The van der Waals surface area contributed by atoms with Crippen molar-refractivity contribution >= 4 is 17.4 Å². The van der Waals surface area contributed by atoms with Crippen molar-refractivity contribution in [3.63, 3.8) is 0 Å². The molecule has 108 valence electrons. The van der Waals surface area contributed by atoms with Crippen molar-refractivity contribution in [3.05, 3.63) is 46.5 Å². The van der Waals surface area contributed by atoms with Crippen molar-refractivity contribution in [1.29, 1.82) is 0 Å². The molecule has 0 bridgehead atoms. The second-order valence-corrected chi connectivity index (χ2v) is 4.86. The first kappa shape index (κ1) is 13.3. The van der Waals surface area contributed by atoms with Gasteiger partial charge >= 0.3 is 0 Å². The number of hydrogen-bond acceptors (Lipinski definition) is 5. The molecule has 1 amide bonds. The summed E-state index contributed by atoms with van der Waals surface area (Å²) in [6, 6.07) is 6.32. The Hall–Kier alpha value is -2.70. The largest absolute Gasteiger partial charge is 0.370 e. The quantitative estimate of drug-likeness (QED) is 0.878. The van der Waals surface area contributed by atoms with Crippen LogP contribution in [0.3, 0.4) is 0 Å². The highest BCUT2D eigenvalue weighted by Crippen LogP contribution is 2.20. The first-order chi connectivity index (χ1) is 10.2.